The number of nitro groups is 1. The first kappa shape index (κ1) is 14.3. The van der Waals surface area contributed by atoms with E-state index in [0.29, 0.717) is 17.3 Å². The number of hydrogen-bond acceptors (Lipinski definition) is 6. The average molecular weight is 318 g/mol. The lowest BCUT2D eigenvalue weighted by molar-refractivity contribution is -0.389. The van der Waals surface area contributed by atoms with Crippen LogP contribution in [0.3, 0.4) is 0 Å². The van der Waals surface area contributed by atoms with Gasteiger partial charge in [-0.3, -0.25) is 0 Å². The monoisotopic (exact) mass is 318 g/mol. The van der Waals surface area contributed by atoms with Gasteiger partial charge in [-0.2, -0.15) is 9.38 Å². The van der Waals surface area contributed by atoms with Crippen molar-refractivity contribution >= 4 is 27.9 Å². The summed E-state index contributed by atoms with van der Waals surface area (Å²) in [6, 6.07) is 7.60. The van der Waals surface area contributed by atoms with E-state index in [4.69, 9.17) is 4.74 Å². The third-order valence-electron chi connectivity index (χ3n) is 3.31. The van der Waals surface area contributed by atoms with E-state index in [1.54, 1.807) is 30.6 Å². The molecule has 2 heterocycles. The molecule has 3 rings (SSSR count). The molecule has 0 radical (unpaired) electrons. The number of methoxy groups -OCH3 is 1. The van der Waals surface area contributed by atoms with Gasteiger partial charge in [0.2, 0.25) is 5.82 Å². The van der Waals surface area contributed by atoms with Crippen LogP contribution in [0.2, 0.25) is 0 Å². The van der Waals surface area contributed by atoms with Crippen molar-refractivity contribution in [2.75, 3.05) is 19.1 Å². The van der Waals surface area contributed by atoms with Crippen molar-refractivity contribution in [2.24, 2.45) is 0 Å². The van der Waals surface area contributed by atoms with Crippen LogP contribution in [-0.4, -0.2) is 28.5 Å². The summed E-state index contributed by atoms with van der Waals surface area (Å²) in [6.07, 6.45) is 1.66. The minimum absolute atomic E-state index is 0.0124. The normalized spacial score (nSPS) is 10.8. The first-order valence-corrected chi connectivity index (χ1v) is 7.42. The number of aromatic nitrogens is 2. The molecule has 0 spiro atoms. The third kappa shape index (κ3) is 2.48. The smallest absolute Gasteiger partial charge is 0.373 e. The predicted octanol–water partition coefficient (Wildman–Crippen LogP) is 2.95. The number of rotatable bonds is 5. The lowest BCUT2D eigenvalue weighted by atomic mass is 10.2. The zero-order chi connectivity index (χ0) is 15.7. The Morgan fingerprint density at radius 3 is 3.05 bits per heavy atom. The van der Waals surface area contributed by atoms with E-state index in [1.165, 1.54) is 15.7 Å². The molecule has 0 amide bonds. The van der Waals surface area contributed by atoms with Gasteiger partial charge in [0.05, 0.1) is 7.11 Å². The van der Waals surface area contributed by atoms with E-state index in [2.05, 4.69) is 4.98 Å². The molecule has 0 unspecified atom stereocenters. The Morgan fingerprint density at radius 1 is 1.50 bits per heavy atom. The molecule has 0 aliphatic heterocycles. The highest BCUT2D eigenvalue weighted by Crippen LogP contribution is 2.31. The molecule has 0 saturated carbocycles. The quantitative estimate of drug-likeness (QED) is 0.534. The van der Waals surface area contributed by atoms with Crippen molar-refractivity contribution in [1.29, 1.82) is 0 Å². The van der Waals surface area contributed by atoms with Crippen LogP contribution < -0.4 is 9.64 Å². The van der Waals surface area contributed by atoms with Crippen LogP contribution in [0.5, 0.6) is 5.75 Å². The molecule has 0 atom stereocenters. The largest absolute Gasteiger partial charge is 0.497 e. The summed E-state index contributed by atoms with van der Waals surface area (Å²) in [5.41, 5.74) is 0.993. The van der Waals surface area contributed by atoms with Crippen molar-refractivity contribution < 1.29 is 9.66 Å². The second-order valence-electron chi connectivity index (χ2n) is 4.78. The number of nitrogens with zero attached hydrogens (tertiary/aromatic N) is 4. The summed E-state index contributed by atoms with van der Waals surface area (Å²) < 4.78 is 6.70. The highest BCUT2D eigenvalue weighted by molar-refractivity contribution is 7.15. The summed E-state index contributed by atoms with van der Waals surface area (Å²) in [5, 5.41) is 13.1. The fraction of sp³-hybridized carbons (Fsp3) is 0.214. The van der Waals surface area contributed by atoms with E-state index in [-0.39, 0.29) is 5.82 Å². The Kier molecular flexibility index (Phi) is 3.68. The number of hydrogen-bond donors (Lipinski definition) is 0. The van der Waals surface area contributed by atoms with Crippen LogP contribution in [0.1, 0.15) is 5.56 Å². The molecular weight excluding hydrogens is 304 g/mol. The molecule has 0 saturated heterocycles. The maximum atomic E-state index is 11.4. The fourth-order valence-corrected chi connectivity index (χ4v) is 3.01. The van der Waals surface area contributed by atoms with Crippen LogP contribution in [0.15, 0.2) is 35.8 Å². The zero-order valence-corrected chi connectivity index (χ0v) is 12.9. The van der Waals surface area contributed by atoms with E-state index < -0.39 is 4.92 Å². The molecule has 3 aromatic rings. The van der Waals surface area contributed by atoms with Gasteiger partial charge in [0.15, 0.2) is 0 Å². The highest BCUT2D eigenvalue weighted by atomic mass is 32.1. The van der Waals surface area contributed by atoms with Crippen molar-refractivity contribution in [2.45, 2.75) is 6.54 Å². The van der Waals surface area contributed by atoms with Gasteiger partial charge in [-0.15, -0.1) is 0 Å². The predicted molar refractivity (Wildman–Crippen MR) is 84.8 cm³/mol. The Morgan fingerprint density at radius 2 is 2.32 bits per heavy atom. The molecule has 22 heavy (non-hydrogen) atoms. The summed E-state index contributed by atoms with van der Waals surface area (Å²) in [4.78, 5) is 17.7. The van der Waals surface area contributed by atoms with Crippen LogP contribution in [0.25, 0.3) is 4.96 Å². The van der Waals surface area contributed by atoms with Crippen LogP contribution in [0, 0.1) is 10.1 Å². The second-order valence-corrected chi connectivity index (χ2v) is 5.65. The van der Waals surface area contributed by atoms with E-state index in [1.807, 2.05) is 24.3 Å². The first-order chi connectivity index (χ1) is 10.6. The molecule has 0 bridgehead atoms. The molecule has 0 fully saturated rings. The van der Waals surface area contributed by atoms with Gasteiger partial charge in [0.25, 0.3) is 4.96 Å². The van der Waals surface area contributed by atoms with Gasteiger partial charge in [0, 0.05) is 19.0 Å². The molecule has 2 aromatic heterocycles. The van der Waals surface area contributed by atoms with Crippen molar-refractivity contribution in [3.8, 4) is 5.75 Å². The number of benzene rings is 1. The lowest BCUT2D eigenvalue weighted by Crippen LogP contribution is -2.18. The number of fused-ring (bicyclic) bond motifs is 1. The molecule has 0 aliphatic rings. The summed E-state index contributed by atoms with van der Waals surface area (Å²) in [7, 11) is 3.40. The number of ether oxygens (including phenoxy) is 1. The van der Waals surface area contributed by atoms with Gasteiger partial charge < -0.3 is 19.8 Å². The van der Waals surface area contributed by atoms with E-state index in [9.17, 15) is 10.1 Å². The fourth-order valence-electron chi connectivity index (χ4n) is 2.31. The van der Waals surface area contributed by atoms with Crippen LogP contribution >= 0.6 is 11.3 Å². The molecule has 114 valence electrons. The van der Waals surface area contributed by atoms with E-state index >= 15 is 0 Å². The van der Waals surface area contributed by atoms with Gasteiger partial charge in [-0.05, 0) is 22.6 Å². The summed E-state index contributed by atoms with van der Waals surface area (Å²) in [5.74, 6) is 1.10. The SMILES string of the molecule is COc1cccc(CN(C)c2nc3sccn3c2[N+](=O)[O-])c1. The molecule has 8 heteroatoms. The standard InChI is InChI=1S/C14H14N4O3S/c1-16(9-10-4-3-5-11(8-10)21-2)12-13(18(19)20)17-6-7-22-14(17)15-12/h3-8H,9H2,1-2H3. The second kappa shape index (κ2) is 5.64. The van der Waals surface area contributed by atoms with Crippen molar-refractivity contribution in [3.63, 3.8) is 0 Å². The third-order valence-corrected chi connectivity index (χ3v) is 4.06. The Hall–Kier alpha value is -2.61. The summed E-state index contributed by atoms with van der Waals surface area (Å²) in [6.45, 7) is 0.503. The first-order valence-electron chi connectivity index (χ1n) is 6.54. The molecule has 1 aromatic carbocycles. The molecule has 0 N–H and O–H groups in total. The van der Waals surface area contributed by atoms with E-state index in [0.717, 1.165) is 11.3 Å². The minimum atomic E-state index is -0.399. The number of anilines is 1. The highest BCUT2D eigenvalue weighted by Gasteiger charge is 2.26. The Balaban J connectivity index is 1.94. The van der Waals surface area contributed by atoms with Gasteiger partial charge in [-0.1, -0.05) is 23.5 Å². The van der Waals surface area contributed by atoms with Crippen molar-refractivity contribution in [1.82, 2.24) is 9.38 Å². The van der Waals surface area contributed by atoms with Gasteiger partial charge in [-0.25, -0.2) is 0 Å². The van der Waals surface area contributed by atoms with Gasteiger partial charge in [0.1, 0.15) is 11.9 Å². The molecule has 0 aliphatic carbocycles. The zero-order valence-electron chi connectivity index (χ0n) is 12.1. The van der Waals surface area contributed by atoms with Crippen LogP contribution in [0.4, 0.5) is 11.6 Å². The number of thiazole rings is 1. The minimum Gasteiger partial charge on any atom is -0.497 e. The molecule has 7 nitrogen and oxygen atoms in total. The van der Waals surface area contributed by atoms with Gasteiger partial charge >= 0.3 is 5.82 Å². The number of imidazole rings is 1. The van der Waals surface area contributed by atoms with Crippen molar-refractivity contribution in [3.05, 3.63) is 51.5 Å². The average Bonchev–Trinajstić information content (AvgIpc) is 3.07. The lowest BCUT2D eigenvalue weighted by Gasteiger charge is -2.16. The van der Waals surface area contributed by atoms with Crippen LogP contribution in [-0.2, 0) is 6.54 Å². The topological polar surface area (TPSA) is 72.9 Å². The Labute approximate surface area is 130 Å². The maximum Gasteiger partial charge on any atom is 0.373 e. The Bertz CT molecular complexity index is 826. The maximum absolute atomic E-state index is 11.4. The summed E-state index contributed by atoms with van der Waals surface area (Å²) >= 11 is 1.37. The molecular formula is C14H14N4O3S.